The van der Waals surface area contributed by atoms with Crippen LogP contribution in [0.25, 0.3) is 0 Å². The third kappa shape index (κ3) is 7.15. The van der Waals surface area contributed by atoms with Crippen molar-refractivity contribution in [2.75, 3.05) is 6.61 Å². The summed E-state index contributed by atoms with van der Waals surface area (Å²) in [5.74, 6) is -1.25. The van der Waals surface area contributed by atoms with Gasteiger partial charge in [0.2, 0.25) is 6.41 Å². The van der Waals surface area contributed by atoms with Crippen LogP contribution < -0.4 is 5.32 Å². The maximum Gasteiger partial charge on any atom is 0.328 e. The molecule has 1 aromatic heterocycles. The molecule has 15 heavy (non-hydrogen) atoms. The zero-order valence-electron chi connectivity index (χ0n) is 7.91. The molecule has 0 bridgehead atoms. The van der Waals surface area contributed by atoms with Gasteiger partial charge in [-0.3, -0.25) is 9.78 Å². The Hall–Kier alpha value is -1.95. The minimum Gasteiger partial charge on any atom is -0.480 e. The number of carbonyl (C=O) groups excluding carboxylic acids is 1. The molecule has 0 saturated heterocycles. The first kappa shape index (κ1) is 13.1. The normalized spacial score (nSPS) is 10.5. The van der Waals surface area contributed by atoms with Gasteiger partial charge in [-0.15, -0.1) is 0 Å². The smallest absolute Gasteiger partial charge is 0.328 e. The van der Waals surface area contributed by atoms with E-state index in [1.807, 2.05) is 23.5 Å². The van der Waals surface area contributed by atoms with Gasteiger partial charge in [-0.25, -0.2) is 4.79 Å². The van der Waals surface area contributed by atoms with E-state index in [0.717, 1.165) is 0 Å². The van der Waals surface area contributed by atoms with E-state index in [4.69, 9.17) is 10.2 Å². The van der Waals surface area contributed by atoms with Crippen LogP contribution in [0.5, 0.6) is 0 Å². The fourth-order valence-electron chi connectivity index (χ4n) is 0.597. The Morgan fingerprint density at radius 3 is 2.13 bits per heavy atom. The van der Waals surface area contributed by atoms with Gasteiger partial charge in [0.25, 0.3) is 0 Å². The first-order valence-electron chi connectivity index (χ1n) is 4.10. The molecular weight excluding hydrogens is 200 g/mol. The second kappa shape index (κ2) is 8.64. The average Bonchev–Trinajstić information content (AvgIpc) is 2.28. The predicted molar refractivity (Wildman–Crippen MR) is 51.9 cm³/mol. The van der Waals surface area contributed by atoms with E-state index in [1.165, 1.54) is 0 Å². The van der Waals surface area contributed by atoms with E-state index in [2.05, 4.69) is 4.98 Å². The van der Waals surface area contributed by atoms with Crippen molar-refractivity contribution in [3.05, 3.63) is 30.6 Å². The number of nitrogens with one attached hydrogen (secondary N) is 1. The molecule has 0 spiro atoms. The van der Waals surface area contributed by atoms with Crippen molar-refractivity contribution in [3.8, 4) is 0 Å². The molecule has 1 unspecified atom stereocenters. The molecule has 82 valence electrons. The molecule has 0 aliphatic rings. The Bertz CT molecular complexity index is 252. The Kier molecular flexibility index (Phi) is 7.52. The highest BCUT2D eigenvalue weighted by molar-refractivity contribution is 5.76. The number of aliphatic hydroxyl groups is 1. The van der Waals surface area contributed by atoms with Gasteiger partial charge < -0.3 is 15.5 Å². The van der Waals surface area contributed by atoms with Crippen LogP contribution >= 0.6 is 0 Å². The zero-order chi connectivity index (χ0) is 11.5. The number of aliphatic hydroxyl groups excluding tert-OH is 1. The lowest BCUT2D eigenvalue weighted by molar-refractivity contribution is -0.141. The number of carboxylic acids is 1. The van der Waals surface area contributed by atoms with Gasteiger partial charge in [-0.1, -0.05) is 6.07 Å². The first-order valence-corrected chi connectivity index (χ1v) is 4.10. The molecular formula is C9H12N2O4. The van der Waals surface area contributed by atoms with Gasteiger partial charge in [-0.05, 0) is 12.1 Å². The Morgan fingerprint density at radius 1 is 1.40 bits per heavy atom. The molecule has 6 nitrogen and oxygen atoms in total. The summed E-state index contributed by atoms with van der Waals surface area (Å²) in [7, 11) is 0. The third-order valence-corrected chi connectivity index (χ3v) is 1.32. The molecule has 0 aliphatic heterocycles. The first-order chi connectivity index (χ1) is 7.22. The molecule has 3 N–H and O–H groups in total. The summed E-state index contributed by atoms with van der Waals surface area (Å²) in [4.78, 5) is 23.3. The minimum atomic E-state index is -1.25. The molecule has 1 atom stereocenters. The quantitative estimate of drug-likeness (QED) is 0.571. The highest BCUT2D eigenvalue weighted by atomic mass is 16.4. The van der Waals surface area contributed by atoms with Crippen molar-refractivity contribution >= 4 is 12.4 Å². The SMILES string of the molecule is O=CNC(CO)C(=O)O.c1ccncc1. The van der Waals surface area contributed by atoms with Crippen molar-refractivity contribution in [3.63, 3.8) is 0 Å². The van der Waals surface area contributed by atoms with Crippen molar-refractivity contribution in [2.24, 2.45) is 0 Å². The highest BCUT2D eigenvalue weighted by Crippen LogP contribution is 1.77. The molecule has 1 rings (SSSR count). The number of carbonyl (C=O) groups is 2. The maximum absolute atomic E-state index is 9.94. The number of nitrogens with zero attached hydrogens (tertiary/aromatic N) is 1. The molecule has 0 radical (unpaired) electrons. The van der Waals surface area contributed by atoms with Gasteiger partial charge in [0.1, 0.15) is 6.04 Å². The number of aliphatic carboxylic acids is 1. The molecule has 0 aliphatic carbocycles. The second-order valence-corrected chi connectivity index (χ2v) is 2.38. The summed E-state index contributed by atoms with van der Waals surface area (Å²) < 4.78 is 0. The molecule has 6 heteroatoms. The molecule has 0 saturated carbocycles. The Morgan fingerprint density at radius 2 is 2.00 bits per heavy atom. The van der Waals surface area contributed by atoms with Gasteiger partial charge >= 0.3 is 5.97 Å². The minimum absolute atomic E-state index is 0.231. The van der Waals surface area contributed by atoms with Gasteiger partial charge in [0.05, 0.1) is 6.61 Å². The van der Waals surface area contributed by atoms with E-state index in [1.54, 1.807) is 12.4 Å². The number of carboxylic acid groups (broad SMARTS) is 1. The van der Waals surface area contributed by atoms with E-state index >= 15 is 0 Å². The predicted octanol–water partition coefficient (Wildman–Crippen LogP) is -0.740. The van der Waals surface area contributed by atoms with Crippen LogP contribution in [0.15, 0.2) is 30.6 Å². The lowest BCUT2D eigenvalue weighted by atomic mass is 10.3. The molecule has 1 heterocycles. The summed E-state index contributed by atoms with van der Waals surface area (Å²) >= 11 is 0. The summed E-state index contributed by atoms with van der Waals surface area (Å²) in [6.07, 6.45) is 3.73. The lowest BCUT2D eigenvalue weighted by Crippen LogP contribution is -2.38. The van der Waals surface area contributed by atoms with Crippen LogP contribution in [0.2, 0.25) is 0 Å². The molecule has 0 fully saturated rings. The number of aromatic nitrogens is 1. The fourth-order valence-corrected chi connectivity index (χ4v) is 0.597. The van der Waals surface area contributed by atoms with Crippen molar-refractivity contribution in [2.45, 2.75) is 6.04 Å². The van der Waals surface area contributed by atoms with Crippen LogP contribution in [0, 0.1) is 0 Å². The lowest BCUT2D eigenvalue weighted by Gasteiger charge is -2.04. The van der Waals surface area contributed by atoms with Crippen molar-refractivity contribution in [1.29, 1.82) is 0 Å². The third-order valence-electron chi connectivity index (χ3n) is 1.32. The fraction of sp³-hybridized carbons (Fsp3) is 0.222. The maximum atomic E-state index is 9.94. The largest absolute Gasteiger partial charge is 0.480 e. The zero-order valence-corrected chi connectivity index (χ0v) is 7.91. The summed E-state index contributed by atoms with van der Waals surface area (Å²) in [6.45, 7) is -0.589. The number of pyridine rings is 1. The Balaban J connectivity index is 0.000000280. The molecule has 1 amide bonds. The van der Waals surface area contributed by atoms with Gasteiger partial charge in [-0.2, -0.15) is 0 Å². The van der Waals surface area contributed by atoms with E-state index < -0.39 is 18.6 Å². The van der Waals surface area contributed by atoms with Crippen molar-refractivity contribution in [1.82, 2.24) is 10.3 Å². The summed E-state index contributed by atoms with van der Waals surface area (Å²) in [6, 6.07) is 4.54. The topological polar surface area (TPSA) is 99.5 Å². The van der Waals surface area contributed by atoms with E-state index in [9.17, 15) is 9.59 Å². The van der Waals surface area contributed by atoms with Crippen LogP contribution in [0.4, 0.5) is 0 Å². The summed E-state index contributed by atoms with van der Waals surface area (Å²) in [5, 5.41) is 18.2. The Labute approximate surface area is 86.6 Å². The van der Waals surface area contributed by atoms with E-state index in [-0.39, 0.29) is 6.41 Å². The number of amides is 1. The standard InChI is InChI=1S/C5H5N.C4H7NO4/c1-2-4-6-5-3-1;6-1-3(4(8)9)5-2-7/h1-5H;2-3,6H,1H2,(H,5,7)(H,8,9). The monoisotopic (exact) mass is 212 g/mol. The number of rotatable bonds is 4. The summed E-state index contributed by atoms with van der Waals surface area (Å²) in [5.41, 5.74) is 0. The van der Waals surface area contributed by atoms with E-state index in [0.29, 0.717) is 0 Å². The van der Waals surface area contributed by atoms with Crippen LogP contribution in [0.3, 0.4) is 0 Å². The number of hydrogen-bond donors (Lipinski definition) is 3. The average molecular weight is 212 g/mol. The van der Waals surface area contributed by atoms with Gasteiger partial charge in [0, 0.05) is 12.4 Å². The molecule has 1 aromatic rings. The van der Waals surface area contributed by atoms with Crippen LogP contribution in [0.1, 0.15) is 0 Å². The molecule has 0 aromatic carbocycles. The van der Waals surface area contributed by atoms with Gasteiger partial charge in [0.15, 0.2) is 0 Å². The second-order valence-electron chi connectivity index (χ2n) is 2.38. The van der Waals surface area contributed by atoms with Crippen LogP contribution in [-0.2, 0) is 9.59 Å². The highest BCUT2D eigenvalue weighted by Gasteiger charge is 2.13. The van der Waals surface area contributed by atoms with Crippen LogP contribution in [-0.4, -0.2) is 40.2 Å². The number of hydrogen-bond acceptors (Lipinski definition) is 4. The van der Waals surface area contributed by atoms with Crippen molar-refractivity contribution < 1.29 is 19.8 Å².